The van der Waals surface area contributed by atoms with Crippen molar-refractivity contribution in [2.45, 2.75) is 18.9 Å². The van der Waals surface area contributed by atoms with E-state index in [1.54, 1.807) is 24.3 Å². The molecule has 2 rings (SSSR count). The van der Waals surface area contributed by atoms with E-state index in [0.717, 1.165) is 19.4 Å². The van der Waals surface area contributed by atoms with E-state index in [4.69, 9.17) is 11.5 Å². The summed E-state index contributed by atoms with van der Waals surface area (Å²) in [7, 11) is 0. The largest absolute Gasteiger partial charge is 0.399 e. The summed E-state index contributed by atoms with van der Waals surface area (Å²) < 4.78 is 0. The number of carbonyl (C=O) groups excluding carboxylic acids is 2. The van der Waals surface area contributed by atoms with Gasteiger partial charge in [0.1, 0.15) is 0 Å². The summed E-state index contributed by atoms with van der Waals surface area (Å²) in [4.78, 5) is 24.9. The zero-order valence-corrected chi connectivity index (χ0v) is 10.6. The van der Waals surface area contributed by atoms with Gasteiger partial charge in [0, 0.05) is 11.4 Å². The lowest BCUT2D eigenvalue weighted by atomic mass is 10.2. The zero-order valence-electron chi connectivity index (χ0n) is 10.6. The molecule has 0 saturated carbocycles. The van der Waals surface area contributed by atoms with Gasteiger partial charge in [-0.3, -0.25) is 14.5 Å². The van der Waals surface area contributed by atoms with Gasteiger partial charge < -0.3 is 16.8 Å². The van der Waals surface area contributed by atoms with E-state index in [2.05, 4.69) is 5.32 Å². The summed E-state index contributed by atoms with van der Waals surface area (Å²) in [5, 5.41) is 2.76. The number of amides is 2. The fraction of sp³-hybridized carbons (Fsp3) is 0.385. The molecule has 2 amide bonds. The lowest BCUT2D eigenvalue weighted by molar-refractivity contribution is -0.123. The van der Waals surface area contributed by atoms with Crippen molar-refractivity contribution in [3.05, 3.63) is 24.3 Å². The van der Waals surface area contributed by atoms with Crippen LogP contribution >= 0.6 is 0 Å². The van der Waals surface area contributed by atoms with Crippen LogP contribution in [0.2, 0.25) is 0 Å². The van der Waals surface area contributed by atoms with Gasteiger partial charge in [0.15, 0.2) is 0 Å². The zero-order chi connectivity index (χ0) is 13.8. The molecule has 1 heterocycles. The lowest BCUT2D eigenvalue weighted by Gasteiger charge is -2.21. The van der Waals surface area contributed by atoms with Crippen LogP contribution in [-0.4, -0.2) is 35.8 Å². The van der Waals surface area contributed by atoms with Gasteiger partial charge in [-0.25, -0.2) is 0 Å². The first-order valence-corrected chi connectivity index (χ1v) is 6.25. The average molecular weight is 262 g/mol. The number of hydrogen-bond acceptors (Lipinski definition) is 4. The van der Waals surface area contributed by atoms with Crippen molar-refractivity contribution < 1.29 is 9.59 Å². The Hall–Kier alpha value is -2.08. The Morgan fingerprint density at radius 3 is 2.89 bits per heavy atom. The van der Waals surface area contributed by atoms with E-state index in [1.165, 1.54) is 0 Å². The molecular formula is C13H18N4O2. The van der Waals surface area contributed by atoms with E-state index in [9.17, 15) is 9.59 Å². The van der Waals surface area contributed by atoms with Gasteiger partial charge in [0.25, 0.3) is 0 Å². The monoisotopic (exact) mass is 262 g/mol. The van der Waals surface area contributed by atoms with E-state index < -0.39 is 0 Å². The van der Waals surface area contributed by atoms with E-state index in [1.807, 2.05) is 4.90 Å². The molecule has 1 aromatic carbocycles. The number of nitrogens with two attached hydrogens (primary N) is 2. The lowest BCUT2D eigenvalue weighted by Crippen LogP contribution is -2.43. The van der Waals surface area contributed by atoms with Gasteiger partial charge in [-0.05, 0) is 37.6 Å². The van der Waals surface area contributed by atoms with Gasteiger partial charge in [0.05, 0.1) is 12.6 Å². The first-order chi connectivity index (χ1) is 9.06. The van der Waals surface area contributed by atoms with Crippen molar-refractivity contribution >= 4 is 23.2 Å². The van der Waals surface area contributed by atoms with Gasteiger partial charge in [-0.2, -0.15) is 0 Å². The molecule has 1 unspecified atom stereocenters. The molecule has 0 spiro atoms. The summed E-state index contributed by atoms with van der Waals surface area (Å²) >= 11 is 0. The Labute approximate surface area is 111 Å². The number of nitrogen functional groups attached to an aromatic ring is 1. The van der Waals surface area contributed by atoms with Crippen molar-refractivity contribution in [1.29, 1.82) is 0 Å². The molecule has 0 radical (unpaired) electrons. The first kappa shape index (κ1) is 13.4. The van der Waals surface area contributed by atoms with Crippen LogP contribution < -0.4 is 16.8 Å². The molecule has 6 nitrogen and oxygen atoms in total. The highest BCUT2D eigenvalue weighted by Gasteiger charge is 2.30. The molecule has 5 N–H and O–H groups in total. The molecule has 19 heavy (non-hydrogen) atoms. The third kappa shape index (κ3) is 3.45. The second-order valence-electron chi connectivity index (χ2n) is 4.70. The SMILES string of the molecule is NC(=O)C1CCCN1CC(=O)Nc1cccc(N)c1. The van der Waals surface area contributed by atoms with Crippen LogP contribution in [0.5, 0.6) is 0 Å². The van der Waals surface area contributed by atoms with Crippen LogP contribution in [0.1, 0.15) is 12.8 Å². The minimum atomic E-state index is -0.366. The Morgan fingerprint density at radius 1 is 1.42 bits per heavy atom. The van der Waals surface area contributed by atoms with Crippen molar-refractivity contribution in [1.82, 2.24) is 4.90 Å². The second-order valence-corrected chi connectivity index (χ2v) is 4.70. The molecule has 0 aromatic heterocycles. The minimum Gasteiger partial charge on any atom is -0.399 e. The van der Waals surface area contributed by atoms with Gasteiger partial charge in [0.2, 0.25) is 11.8 Å². The highest BCUT2D eigenvalue weighted by molar-refractivity contribution is 5.93. The Morgan fingerprint density at radius 2 is 2.21 bits per heavy atom. The number of nitrogens with zero attached hydrogens (tertiary/aromatic N) is 1. The summed E-state index contributed by atoms with van der Waals surface area (Å²) in [5.74, 6) is -0.534. The molecule has 1 fully saturated rings. The van der Waals surface area contributed by atoms with Crippen molar-refractivity contribution in [3.63, 3.8) is 0 Å². The van der Waals surface area contributed by atoms with Crippen LogP contribution in [0, 0.1) is 0 Å². The fourth-order valence-corrected chi connectivity index (χ4v) is 2.34. The van der Waals surface area contributed by atoms with E-state index in [-0.39, 0.29) is 24.4 Å². The van der Waals surface area contributed by atoms with Gasteiger partial charge in [-0.1, -0.05) is 6.07 Å². The van der Waals surface area contributed by atoms with Crippen LogP contribution in [0.25, 0.3) is 0 Å². The predicted octanol–water partition coefficient (Wildman–Crippen LogP) is 0.157. The third-order valence-electron chi connectivity index (χ3n) is 3.21. The fourth-order valence-electron chi connectivity index (χ4n) is 2.34. The smallest absolute Gasteiger partial charge is 0.238 e. The van der Waals surface area contributed by atoms with Crippen LogP contribution in [0.15, 0.2) is 24.3 Å². The maximum atomic E-state index is 11.9. The number of rotatable bonds is 4. The van der Waals surface area contributed by atoms with Crippen molar-refractivity contribution in [2.75, 3.05) is 24.1 Å². The Kier molecular flexibility index (Phi) is 4.01. The quantitative estimate of drug-likeness (QED) is 0.672. The molecule has 1 aliphatic rings. The van der Waals surface area contributed by atoms with Gasteiger partial charge >= 0.3 is 0 Å². The third-order valence-corrected chi connectivity index (χ3v) is 3.21. The van der Waals surface area contributed by atoms with E-state index in [0.29, 0.717) is 11.4 Å². The first-order valence-electron chi connectivity index (χ1n) is 6.25. The molecule has 1 aromatic rings. The standard InChI is InChI=1S/C13H18N4O2/c14-9-3-1-4-10(7-9)16-12(18)8-17-6-2-5-11(17)13(15)19/h1,3-4,7,11H,2,5-6,8,14H2,(H2,15,19)(H,16,18). The minimum absolute atomic E-state index is 0.168. The molecule has 1 saturated heterocycles. The number of likely N-dealkylation sites (tertiary alicyclic amines) is 1. The number of benzene rings is 1. The van der Waals surface area contributed by atoms with Crippen LogP contribution in [0.4, 0.5) is 11.4 Å². The van der Waals surface area contributed by atoms with Crippen molar-refractivity contribution in [2.24, 2.45) is 5.73 Å². The maximum absolute atomic E-state index is 11.9. The maximum Gasteiger partial charge on any atom is 0.238 e. The second kappa shape index (κ2) is 5.71. The Bertz CT molecular complexity index is 489. The van der Waals surface area contributed by atoms with Crippen LogP contribution in [-0.2, 0) is 9.59 Å². The molecule has 0 aliphatic carbocycles. The summed E-state index contributed by atoms with van der Waals surface area (Å²) in [6.45, 7) is 0.889. The summed E-state index contributed by atoms with van der Waals surface area (Å²) in [6, 6.07) is 6.65. The Balaban J connectivity index is 1.92. The predicted molar refractivity (Wildman–Crippen MR) is 73.3 cm³/mol. The topological polar surface area (TPSA) is 101 Å². The highest BCUT2D eigenvalue weighted by Crippen LogP contribution is 2.17. The number of primary amides is 1. The molecule has 0 bridgehead atoms. The number of anilines is 2. The van der Waals surface area contributed by atoms with Crippen LogP contribution in [0.3, 0.4) is 0 Å². The van der Waals surface area contributed by atoms with Gasteiger partial charge in [-0.15, -0.1) is 0 Å². The van der Waals surface area contributed by atoms with E-state index >= 15 is 0 Å². The summed E-state index contributed by atoms with van der Waals surface area (Å²) in [6.07, 6.45) is 1.61. The normalized spacial score (nSPS) is 19.3. The van der Waals surface area contributed by atoms with Crippen molar-refractivity contribution in [3.8, 4) is 0 Å². The molecule has 1 aliphatic heterocycles. The number of carbonyl (C=O) groups is 2. The molecule has 6 heteroatoms. The summed E-state index contributed by atoms with van der Waals surface area (Å²) in [5.41, 5.74) is 12.2. The molecule has 1 atom stereocenters. The molecular weight excluding hydrogens is 244 g/mol. The molecule has 102 valence electrons. The number of nitrogens with one attached hydrogen (secondary N) is 1. The number of hydrogen-bond donors (Lipinski definition) is 3. The highest BCUT2D eigenvalue weighted by atomic mass is 16.2. The average Bonchev–Trinajstić information content (AvgIpc) is 2.76.